The van der Waals surface area contributed by atoms with E-state index in [2.05, 4.69) is 26.9 Å². The summed E-state index contributed by atoms with van der Waals surface area (Å²) in [6, 6.07) is 12.5. The van der Waals surface area contributed by atoms with Crippen molar-refractivity contribution in [2.24, 2.45) is 0 Å². The van der Waals surface area contributed by atoms with Crippen LogP contribution < -0.4 is 11.3 Å². The van der Waals surface area contributed by atoms with Gasteiger partial charge in [0.05, 0.1) is 6.04 Å². The van der Waals surface area contributed by atoms with Crippen molar-refractivity contribution in [3.05, 3.63) is 58.5 Å². The molecule has 0 unspecified atom stereocenters. The molecule has 0 fully saturated rings. The van der Waals surface area contributed by atoms with Crippen LogP contribution in [0.2, 0.25) is 0 Å². The highest BCUT2D eigenvalue weighted by molar-refractivity contribution is 5.77. The van der Waals surface area contributed by atoms with E-state index in [1.165, 1.54) is 17.9 Å². The average Bonchev–Trinajstić information content (AvgIpc) is 2.75. The van der Waals surface area contributed by atoms with Gasteiger partial charge in [0.25, 0.3) is 5.56 Å². The molecule has 8 nitrogen and oxygen atoms in total. The third kappa shape index (κ3) is 4.89. The summed E-state index contributed by atoms with van der Waals surface area (Å²) in [5.41, 5.74) is 8.66. The van der Waals surface area contributed by atoms with Crippen LogP contribution >= 0.6 is 0 Å². The molecule has 0 amide bonds. The van der Waals surface area contributed by atoms with E-state index in [1.54, 1.807) is 6.07 Å². The number of hydrogen-bond acceptors (Lipinski definition) is 7. The zero-order chi connectivity index (χ0) is 21.5. The fourth-order valence-corrected chi connectivity index (χ4v) is 2.73. The van der Waals surface area contributed by atoms with Crippen LogP contribution in [0.4, 0.5) is 5.82 Å². The third-order valence-electron chi connectivity index (χ3n) is 4.11. The minimum atomic E-state index is -0.186. The molecule has 2 aromatic heterocycles. The molecular formula is C22H23N5O3. The molecule has 30 heavy (non-hydrogen) atoms. The minimum Gasteiger partial charge on any atom is -0.381 e. The summed E-state index contributed by atoms with van der Waals surface area (Å²) in [7, 11) is 1.54. The van der Waals surface area contributed by atoms with Gasteiger partial charge in [-0.05, 0) is 25.8 Å². The number of benzene rings is 1. The molecule has 8 heteroatoms. The van der Waals surface area contributed by atoms with Crippen LogP contribution in [0.3, 0.4) is 0 Å². The van der Waals surface area contributed by atoms with Gasteiger partial charge >= 0.3 is 0 Å². The van der Waals surface area contributed by atoms with Gasteiger partial charge in [0.2, 0.25) is 0 Å². The zero-order valence-corrected chi connectivity index (χ0v) is 17.1. The van der Waals surface area contributed by atoms with Gasteiger partial charge in [-0.15, -0.1) is 0 Å². The number of rotatable bonds is 6. The van der Waals surface area contributed by atoms with Crippen molar-refractivity contribution in [3.63, 3.8) is 0 Å². The molecule has 0 saturated heterocycles. The highest BCUT2D eigenvalue weighted by atomic mass is 16.7. The number of aromatic nitrogens is 4. The van der Waals surface area contributed by atoms with Gasteiger partial charge in [0.15, 0.2) is 11.5 Å². The Morgan fingerprint density at radius 1 is 1.10 bits per heavy atom. The third-order valence-corrected chi connectivity index (χ3v) is 4.11. The first kappa shape index (κ1) is 21.2. The molecule has 3 rings (SSSR count). The molecule has 3 aromatic rings. The molecule has 0 bridgehead atoms. The molecular weight excluding hydrogens is 382 g/mol. The Morgan fingerprint density at radius 2 is 1.87 bits per heavy atom. The lowest BCUT2D eigenvalue weighted by Crippen LogP contribution is -2.24. The van der Waals surface area contributed by atoms with Gasteiger partial charge in [-0.3, -0.25) is 4.79 Å². The monoisotopic (exact) mass is 405 g/mol. The maximum absolute atomic E-state index is 12.1. The first-order valence-electron chi connectivity index (χ1n) is 9.40. The van der Waals surface area contributed by atoms with Gasteiger partial charge in [0.1, 0.15) is 30.5 Å². The molecule has 0 aliphatic rings. The van der Waals surface area contributed by atoms with Gasteiger partial charge < -0.3 is 15.2 Å². The number of ether oxygens (including phenoxy) is 2. The van der Waals surface area contributed by atoms with Crippen molar-refractivity contribution < 1.29 is 9.47 Å². The molecule has 1 aromatic carbocycles. The number of anilines is 1. The quantitative estimate of drug-likeness (QED) is 0.382. The number of nitrogen functional groups attached to an aromatic ring is 1. The number of methoxy groups -OCH3 is 1. The van der Waals surface area contributed by atoms with Crippen molar-refractivity contribution in [2.45, 2.75) is 19.9 Å². The van der Waals surface area contributed by atoms with Crippen LogP contribution in [0, 0.1) is 11.8 Å². The van der Waals surface area contributed by atoms with Crippen LogP contribution in [0.5, 0.6) is 0 Å². The Labute approximate surface area is 174 Å². The summed E-state index contributed by atoms with van der Waals surface area (Å²) in [6.07, 6.45) is 0. The maximum Gasteiger partial charge on any atom is 0.267 e. The van der Waals surface area contributed by atoms with Crippen LogP contribution in [0.25, 0.3) is 22.6 Å². The molecule has 0 atom stereocenters. The van der Waals surface area contributed by atoms with Crippen LogP contribution in [0.1, 0.15) is 25.6 Å². The Kier molecular flexibility index (Phi) is 6.91. The first-order chi connectivity index (χ1) is 14.5. The number of nitrogens with two attached hydrogens (primary N) is 1. The van der Waals surface area contributed by atoms with Crippen LogP contribution in [-0.2, 0) is 9.47 Å². The Bertz CT molecular complexity index is 1130. The van der Waals surface area contributed by atoms with Crippen molar-refractivity contribution in [2.75, 3.05) is 26.2 Å². The van der Waals surface area contributed by atoms with E-state index in [4.69, 9.17) is 15.2 Å². The lowest BCUT2D eigenvalue weighted by atomic mass is 10.1. The summed E-state index contributed by atoms with van der Waals surface area (Å²) >= 11 is 0. The van der Waals surface area contributed by atoms with Crippen molar-refractivity contribution in [1.29, 1.82) is 0 Å². The van der Waals surface area contributed by atoms with E-state index in [9.17, 15) is 4.79 Å². The smallest absolute Gasteiger partial charge is 0.267 e. The second kappa shape index (κ2) is 9.78. The Balaban J connectivity index is 2.14. The summed E-state index contributed by atoms with van der Waals surface area (Å²) in [4.78, 5) is 21.3. The number of hydrogen-bond donors (Lipinski definition) is 1. The standard InChI is InChI=1S/C22H23N5O3/c1-15(2)27-19(28)12-11-17(26-27)21-20(16-8-5-4-6-9-16)25-22(23)18(24-21)10-7-13-30-14-29-3/h4-6,8-9,11-12,15H,13-14H2,1-3H3,(H2,23,25). The summed E-state index contributed by atoms with van der Waals surface area (Å²) in [5, 5.41) is 4.49. The number of nitrogens with zero attached hydrogens (tertiary/aromatic N) is 4. The predicted octanol–water partition coefficient (Wildman–Crippen LogP) is 2.50. The zero-order valence-electron chi connectivity index (χ0n) is 17.1. The normalized spacial score (nSPS) is 10.7. The van der Waals surface area contributed by atoms with E-state index in [0.717, 1.165) is 5.56 Å². The molecule has 0 saturated carbocycles. The fourth-order valence-electron chi connectivity index (χ4n) is 2.73. The molecule has 0 spiro atoms. The van der Waals surface area contributed by atoms with Crippen LogP contribution in [0.15, 0.2) is 47.3 Å². The fraction of sp³-hybridized carbons (Fsp3) is 0.273. The lowest BCUT2D eigenvalue weighted by Gasteiger charge is -2.13. The summed E-state index contributed by atoms with van der Waals surface area (Å²) in [5.74, 6) is 5.93. The van der Waals surface area contributed by atoms with E-state index < -0.39 is 0 Å². The SMILES string of the molecule is COCOCC#Cc1nc(-c2ccc(=O)n(C(C)C)n2)c(-c2ccccc2)nc1N. The van der Waals surface area contributed by atoms with E-state index in [-0.39, 0.29) is 30.8 Å². The second-order valence-electron chi connectivity index (χ2n) is 6.67. The maximum atomic E-state index is 12.1. The highest BCUT2D eigenvalue weighted by Gasteiger charge is 2.17. The van der Waals surface area contributed by atoms with Gasteiger partial charge in [-0.2, -0.15) is 5.10 Å². The Hall–Kier alpha value is -3.54. The minimum absolute atomic E-state index is 0.100. The molecule has 0 radical (unpaired) electrons. The lowest BCUT2D eigenvalue weighted by molar-refractivity contribution is -0.0166. The van der Waals surface area contributed by atoms with E-state index >= 15 is 0 Å². The van der Waals surface area contributed by atoms with Crippen molar-refractivity contribution >= 4 is 5.82 Å². The Morgan fingerprint density at radius 3 is 2.57 bits per heavy atom. The van der Waals surface area contributed by atoms with Gasteiger partial charge in [0, 0.05) is 18.7 Å². The average molecular weight is 405 g/mol. The van der Waals surface area contributed by atoms with Crippen LogP contribution in [-0.4, -0.2) is 40.3 Å². The van der Waals surface area contributed by atoms with Crippen molar-refractivity contribution in [3.8, 4) is 34.5 Å². The molecule has 2 N–H and O–H groups in total. The molecule has 0 aliphatic heterocycles. The molecule has 0 aliphatic carbocycles. The molecule has 2 heterocycles. The van der Waals surface area contributed by atoms with Gasteiger partial charge in [-0.1, -0.05) is 36.3 Å². The first-order valence-corrected chi connectivity index (χ1v) is 9.40. The second-order valence-corrected chi connectivity index (χ2v) is 6.67. The van der Waals surface area contributed by atoms with E-state index in [1.807, 2.05) is 44.2 Å². The van der Waals surface area contributed by atoms with E-state index in [0.29, 0.717) is 22.8 Å². The van der Waals surface area contributed by atoms with Crippen molar-refractivity contribution in [1.82, 2.24) is 19.7 Å². The topological polar surface area (TPSA) is 105 Å². The summed E-state index contributed by atoms with van der Waals surface area (Å²) in [6.45, 7) is 4.10. The van der Waals surface area contributed by atoms with Gasteiger partial charge in [-0.25, -0.2) is 14.6 Å². The summed E-state index contributed by atoms with van der Waals surface area (Å²) < 4.78 is 11.4. The largest absolute Gasteiger partial charge is 0.381 e. The molecule has 154 valence electrons. The highest BCUT2D eigenvalue weighted by Crippen LogP contribution is 2.29. The predicted molar refractivity (Wildman–Crippen MR) is 114 cm³/mol.